The third-order valence-corrected chi connectivity index (χ3v) is 3.95. The molecule has 2 rings (SSSR count). The highest BCUT2D eigenvalue weighted by molar-refractivity contribution is 5.96. The molecule has 1 aliphatic rings. The Bertz CT molecular complexity index is 520. The average Bonchev–Trinajstić information content (AvgIpc) is 2.40. The van der Waals surface area contributed by atoms with Gasteiger partial charge in [0.2, 0.25) is 5.91 Å². The highest BCUT2D eigenvalue weighted by Crippen LogP contribution is 2.25. The van der Waals surface area contributed by atoms with Gasteiger partial charge in [0, 0.05) is 19.4 Å². The molecule has 0 bridgehead atoms. The highest BCUT2D eigenvalue weighted by Gasteiger charge is 2.32. The highest BCUT2D eigenvalue weighted by atomic mass is 16.3. The maximum atomic E-state index is 11.7. The molecule has 1 fully saturated rings. The van der Waals surface area contributed by atoms with Gasteiger partial charge in [-0.05, 0) is 16.5 Å². The van der Waals surface area contributed by atoms with Crippen molar-refractivity contribution in [3.63, 3.8) is 0 Å². The molecular formula is C17H23NO3. The lowest BCUT2D eigenvalue weighted by atomic mass is 9.83. The number of aliphatic hydroxyl groups is 1. The van der Waals surface area contributed by atoms with E-state index in [9.17, 15) is 14.7 Å². The number of amides is 1. The predicted octanol–water partition coefficient (Wildman–Crippen LogP) is 2.11. The normalized spacial score (nSPS) is 17.2. The molecule has 0 heterocycles. The number of nitrogens with one attached hydrogen (secondary N) is 1. The van der Waals surface area contributed by atoms with Crippen LogP contribution in [0.25, 0.3) is 0 Å². The zero-order chi connectivity index (χ0) is 15.6. The van der Waals surface area contributed by atoms with Crippen molar-refractivity contribution in [2.75, 3.05) is 6.54 Å². The summed E-state index contributed by atoms with van der Waals surface area (Å²) in [7, 11) is 0. The number of Topliss-reactive ketones (excluding diaryl/α,β-unsaturated/α-hetero) is 1. The minimum atomic E-state index is -0.723. The van der Waals surface area contributed by atoms with Crippen LogP contribution in [-0.2, 0) is 15.0 Å². The summed E-state index contributed by atoms with van der Waals surface area (Å²) in [6.45, 7) is 6.59. The summed E-state index contributed by atoms with van der Waals surface area (Å²) in [6.07, 6.45) is -0.0523. The van der Waals surface area contributed by atoms with E-state index in [0.29, 0.717) is 12.8 Å². The summed E-state index contributed by atoms with van der Waals surface area (Å²) in [5, 5.41) is 12.8. The van der Waals surface area contributed by atoms with Crippen molar-refractivity contribution in [1.29, 1.82) is 0 Å². The second-order valence-electron chi connectivity index (χ2n) is 6.78. The van der Waals surface area contributed by atoms with Gasteiger partial charge >= 0.3 is 0 Å². The quantitative estimate of drug-likeness (QED) is 0.892. The molecule has 1 atom stereocenters. The third kappa shape index (κ3) is 3.91. The SMILES string of the molecule is CC(C)(C)c1ccc(C(O)CNC(=O)C2CC(=O)C2)cc1. The molecule has 1 amide bonds. The Morgan fingerprint density at radius 3 is 2.33 bits per heavy atom. The number of rotatable bonds is 4. The minimum Gasteiger partial charge on any atom is -0.387 e. The van der Waals surface area contributed by atoms with Gasteiger partial charge in [0.1, 0.15) is 5.78 Å². The summed E-state index contributed by atoms with van der Waals surface area (Å²) >= 11 is 0. The lowest BCUT2D eigenvalue weighted by Gasteiger charge is -2.24. The van der Waals surface area contributed by atoms with Gasteiger partial charge in [-0.15, -0.1) is 0 Å². The van der Waals surface area contributed by atoms with E-state index in [4.69, 9.17) is 0 Å². The standard InChI is InChI=1S/C17H23NO3/c1-17(2,3)13-6-4-11(5-7-13)15(20)10-18-16(21)12-8-14(19)9-12/h4-7,12,15,20H,8-10H2,1-3H3,(H,18,21). The Morgan fingerprint density at radius 1 is 1.29 bits per heavy atom. The number of carbonyl (C=O) groups excluding carboxylic acids is 2. The fraction of sp³-hybridized carbons (Fsp3) is 0.529. The van der Waals surface area contributed by atoms with E-state index in [0.717, 1.165) is 5.56 Å². The van der Waals surface area contributed by atoms with Crippen LogP contribution >= 0.6 is 0 Å². The van der Waals surface area contributed by atoms with Crippen molar-refractivity contribution in [1.82, 2.24) is 5.32 Å². The van der Waals surface area contributed by atoms with E-state index in [-0.39, 0.29) is 29.6 Å². The first-order valence-electron chi connectivity index (χ1n) is 7.35. The van der Waals surface area contributed by atoms with E-state index < -0.39 is 6.10 Å². The van der Waals surface area contributed by atoms with E-state index in [2.05, 4.69) is 26.1 Å². The summed E-state index contributed by atoms with van der Waals surface area (Å²) < 4.78 is 0. The van der Waals surface area contributed by atoms with Crippen LogP contribution in [0.3, 0.4) is 0 Å². The van der Waals surface area contributed by atoms with Gasteiger partial charge in [0.05, 0.1) is 12.0 Å². The van der Waals surface area contributed by atoms with Crippen molar-refractivity contribution in [3.05, 3.63) is 35.4 Å². The van der Waals surface area contributed by atoms with E-state index in [1.54, 1.807) is 0 Å². The van der Waals surface area contributed by atoms with Crippen LogP contribution in [0.2, 0.25) is 0 Å². The Hall–Kier alpha value is -1.68. The molecule has 1 aromatic carbocycles. The van der Waals surface area contributed by atoms with Crippen molar-refractivity contribution in [2.24, 2.45) is 5.92 Å². The summed E-state index contributed by atoms with van der Waals surface area (Å²) in [6, 6.07) is 7.80. The first-order valence-corrected chi connectivity index (χ1v) is 7.35. The second-order valence-corrected chi connectivity index (χ2v) is 6.78. The molecule has 0 saturated heterocycles. The van der Waals surface area contributed by atoms with E-state index in [1.165, 1.54) is 5.56 Å². The smallest absolute Gasteiger partial charge is 0.224 e. The zero-order valence-electron chi connectivity index (χ0n) is 12.8. The first kappa shape index (κ1) is 15.7. The zero-order valence-corrected chi connectivity index (χ0v) is 12.8. The van der Waals surface area contributed by atoms with Gasteiger partial charge < -0.3 is 10.4 Å². The van der Waals surface area contributed by atoms with Gasteiger partial charge in [-0.3, -0.25) is 9.59 Å². The molecule has 1 aromatic rings. The molecule has 114 valence electrons. The van der Waals surface area contributed by atoms with Crippen molar-refractivity contribution in [2.45, 2.75) is 45.1 Å². The topological polar surface area (TPSA) is 66.4 Å². The van der Waals surface area contributed by atoms with Crippen LogP contribution in [0.4, 0.5) is 0 Å². The molecule has 0 aliphatic heterocycles. The largest absolute Gasteiger partial charge is 0.387 e. The molecule has 0 radical (unpaired) electrons. The van der Waals surface area contributed by atoms with Gasteiger partial charge in [-0.2, -0.15) is 0 Å². The number of hydrogen-bond acceptors (Lipinski definition) is 3. The Kier molecular flexibility index (Phi) is 4.47. The molecule has 4 nitrogen and oxygen atoms in total. The molecule has 0 aromatic heterocycles. The lowest BCUT2D eigenvalue weighted by Crippen LogP contribution is -2.40. The van der Waals surface area contributed by atoms with Gasteiger partial charge in [0.25, 0.3) is 0 Å². The Balaban J connectivity index is 1.87. The fourth-order valence-electron chi connectivity index (χ4n) is 2.34. The number of aliphatic hydroxyl groups excluding tert-OH is 1. The second kappa shape index (κ2) is 5.98. The van der Waals surface area contributed by atoms with E-state index >= 15 is 0 Å². The molecule has 1 saturated carbocycles. The maximum absolute atomic E-state index is 11.7. The molecule has 1 unspecified atom stereocenters. The van der Waals surface area contributed by atoms with Crippen LogP contribution < -0.4 is 5.32 Å². The van der Waals surface area contributed by atoms with Crippen molar-refractivity contribution >= 4 is 11.7 Å². The van der Waals surface area contributed by atoms with Crippen LogP contribution in [-0.4, -0.2) is 23.3 Å². The Labute approximate surface area is 125 Å². The van der Waals surface area contributed by atoms with Crippen LogP contribution in [0.15, 0.2) is 24.3 Å². The summed E-state index contributed by atoms with van der Waals surface area (Å²) in [5.74, 6) is -0.207. The molecule has 2 N–H and O–H groups in total. The minimum absolute atomic E-state index is 0.0778. The lowest BCUT2D eigenvalue weighted by molar-refractivity contribution is -0.138. The van der Waals surface area contributed by atoms with Crippen LogP contribution in [0.5, 0.6) is 0 Å². The van der Waals surface area contributed by atoms with Crippen molar-refractivity contribution < 1.29 is 14.7 Å². The first-order chi connectivity index (χ1) is 9.77. The van der Waals surface area contributed by atoms with E-state index in [1.807, 2.05) is 24.3 Å². The number of benzene rings is 1. The van der Waals surface area contributed by atoms with Gasteiger partial charge in [-0.1, -0.05) is 45.0 Å². The third-order valence-electron chi connectivity index (χ3n) is 3.95. The van der Waals surface area contributed by atoms with Gasteiger partial charge in [-0.25, -0.2) is 0 Å². The molecule has 0 spiro atoms. The monoisotopic (exact) mass is 289 g/mol. The van der Waals surface area contributed by atoms with Crippen LogP contribution in [0, 0.1) is 5.92 Å². The Morgan fingerprint density at radius 2 is 1.86 bits per heavy atom. The number of hydrogen-bond donors (Lipinski definition) is 2. The summed E-state index contributed by atoms with van der Waals surface area (Å²) in [5.41, 5.74) is 2.07. The maximum Gasteiger partial charge on any atom is 0.224 e. The van der Waals surface area contributed by atoms with Gasteiger partial charge in [0.15, 0.2) is 0 Å². The molecular weight excluding hydrogens is 266 g/mol. The molecule has 1 aliphatic carbocycles. The molecule has 21 heavy (non-hydrogen) atoms. The van der Waals surface area contributed by atoms with Crippen molar-refractivity contribution in [3.8, 4) is 0 Å². The number of carbonyl (C=O) groups is 2. The fourth-order valence-corrected chi connectivity index (χ4v) is 2.34. The van der Waals surface area contributed by atoms with Crippen LogP contribution in [0.1, 0.15) is 50.8 Å². The number of ketones is 1. The average molecular weight is 289 g/mol. The molecule has 4 heteroatoms. The summed E-state index contributed by atoms with van der Waals surface area (Å²) in [4.78, 5) is 22.6. The predicted molar refractivity (Wildman–Crippen MR) is 80.8 cm³/mol.